The van der Waals surface area contributed by atoms with Gasteiger partial charge < -0.3 is 19.7 Å². The normalized spacial score (nSPS) is 19.6. The number of aryl methyl sites for hydroxylation is 2. The third-order valence-corrected chi connectivity index (χ3v) is 12.1. The van der Waals surface area contributed by atoms with Gasteiger partial charge in [-0.15, -0.1) is 0 Å². The van der Waals surface area contributed by atoms with Gasteiger partial charge in [-0.3, -0.25) is 24.1 Å². The zero-order valence-electron chi connectivity index (χ0n) is 34.6. The Hall–Kier alpha value is -4.49. The molecule has 310 valence electrons. The Bertz CT molecular complexity index is 1980. The van der Waals surface area contributed by atoms with Crippen molar-refractivity contribution in [2.45, 2.75) is 84.3 Å². The first kappa shape index (κ1) is 41.7. The largest absolute Gasteiger partial charge is 0.438 e. The second-order valence-corrected chi connectivity index (χ2v) is 16.4. The number of piperazine rings is 1. The van der Waals surface area contributed by atoms with Crippen molar-refractivity contribution in [1.29, 1.82) is 0 Å². The van der Waals surface area contributed by atoms with E-state index in [1.165, 1.54) is 30.2 Å². The molecule has 2 aliphatic heterocycles. The Morgan fingerprint density at radius 2 is 1.67 bits per heavy atom. The molecule has 1 amide bonds. The number of ether oxygens (including phenoxy) is 2. The van der Waals surface area contributed by atoms with E-state index in [0.29, 0.717) is 23.8 Å². The molecule has 2 saturated heterocycles. The molecule has 7 rings (SSSR count). The maximum absolute atomic E-state index is 14.5. The van der Waals surface area contributed by atoms with Gasteiger partial charge in [0.15, 0.2) is 5.78 Å². The topological polar surface area (TPSA) is 105 Å². The molecule has 1 aliphatic carbocycles. The number of hydrogen-bond donors (Lipinski definition) is 1. The van der Waals surface area contributed by atoms with Crippen LogP contribution >= 0.6 is 0 Å². The van der Waals surface area contributed by atoms with Gasteiger partial charge in [0, 0.05) is 77.6 Å². The lowest BCUT2D eigenvalue weighted by atomic mass is 9.83. The van der Waals surface area contributed by atoms with Crippen LogP contribution in [0.3, 0.4) is 0 Å². The molecule has 1 saturated carbocycles. The lowest BCUT2D eigenvalue weighted by Gasteiger charge is -2.34. The van der Waals surface area contributed by atoms with Gasteiger partial charge in [-0.1, -0.05) is 43.7 Å². The van der Waals surface area contributed by atoms with E-state index >= 15 is 0 Å². The van der Waals surface area contributed by atoms with Gasteiger partial charge in [-0.25, -0.2) is 9.37 Å². The molecule has 2 aromatic heterocycles. The maximum atomic E-state index is 14.5. The molecular weight excluding hydrogens is 734 g/mol. The van der Waals surface area contributed by atoms with Crippen LogP contribution in [0.15, 0.2) is 60.8 Å². The second-order valence-electron chi connectivity index (χ2n) is 16.4. The van der Waals surface area contributed by atoms with Crippen LogP contribution in [0.4, 0.5) is 4.39 Å². The number of halogens is 1. The number of hydrogen-bond acceptors (Lipinski definition) is 9. The molecule has 3 fully saturated rings. The molecule has 4 aromatic rings. The van der Waals surface area contributed by atoms with Crippen molar-refractivity contribution in [2.75, 3.05) is 59.0 Å². The summed E-state index contributed by atoms with van der Waals surface area (Å²) in [6.07, 6.45) is 7.94. The summed E-state index contributed by atoms with van der Waals surface area (Å²) in [5.74, 6) is 0.257. The molecule has 2 aromatic carbocycles. The van der Waals surface area contributed by atoms with Crippen molar-refractivity contribution in [3.63, 3.8) is 0 Å². The highest BCUT2D eigenvalue weighted by atomic mass is 19.1. The monoisotopic (exact) mass is 793 g/mol. The van der Waals surface area contributed by atoms with Crippen molar-refractivity contribution in [2.24, 2.45) is 13.0 Å². The molecule has 58 heavy (non-hydrogen) atoms. The minimum absolute atomic E-state index is 0.117. The number of nitrogens with one attached hydrogen (secondary N) is 1. The molecule has 11 nitrogen and oxygen atoms in total. The Kier molecular flexibility index (Phi) is 14.4. The molecule has 0 radical (unpaired) electrons. The number of nitrogens with zero attached hydrogens (tertiary/aromatic N) is 6. The number of pyridine rings is 1. The maximum Gasteiger partial charge on any atom is 0.272 e. The fraction of sp³-hybridized carbons (Fsp3) is 0.522. The first-order chi connectivity index (χ1) is 28.2. The molecule has 0 spiro atoms. The fourth-order valence-electron chi connectivity index (χ4n) is 8.66. The third-order valence-electron chi connectivity index (χ3n) is 12.1. The van der Waals surface area contributed by atoms with Gasteiger partial charge in [0.1, 0.15) is 17.3 Å². The van der Waals surface area contributed by atoms with Crippen molar-refractivity contribution < 1.29 is 23.5 Å². The van der Waals surface area contributed by atoms with E-state index in [9.17, 15) is 14.0 Å². The van der Waals surface area contributed by atoms with Gasteiger partial charge in [-0.05, 0) is 104 Å². The predicted molar refractivity (Wildman–Crippen MR) is 224 cm³/mol. The minimum Gasteiger partial charge on any atom is -0.438 e. The van der Waals surface area contributed by atoms with Crippen molar-refractivity contribution in [1.82, 2.24) is 34.8 Å². The summed E-state index contributed by atoms with van der Waals surface area (Å²) in [6.45, 7) is 14.8. The molecule has 1 N–H and O–H groups in total. The predicted octanol–water partition coefficient (Wildman–Crippen LogP) is 7.42. The van der Waals surface area contributed by atoms with Crippen molar-refractivity contribution in [3.05, 3.63) is 94.7 Å². The van der Waals surface area contributed by atoms with Gasteiger partial charge in [0.05, 0.1) is 25.0 Å². The standard InChI is InChI=1S/C46H60FN7O4/c1-4-17-52-18-20-53(21-19-52)31-35-13-16-41(37(27-35)32-54-22-24-57-25-23-54)36-8-6-9-40(28-36)58-46-42(29-38(47)30-48-46)44(55)10-5-7-34-11-14-39(15-12-34)49-45(56)43-26-33(2)51(3)50-43/h6,8-9,13,16,26-30,34,39H,4-5,7,10-12,14-15,17-25,31-32H2,1-3H3,(H,49,56). The summed E-state index contributed by atoms with van der Waals surface area (Å²) in [5.41, 5.74) is 6.27. The van der Waals surface area contributed by atoms with Crippen LogP contribution in [0.5, 0.6) is 11.6 Å². The number of benzene rings is 2. The lowest BCUT2D eigenvalue weighted by Crippen LogP contribution is -2.46. The number of aromatic nitrogens is 3. The van der Waals surface area contributed by atoms with Crippen LogP contribution in [0.25, 0.3) is 11.1 Å². The van der Waals surface area contributed by atoms with E-state index < -0.39 is 5.82 Å². The SMILES string of the molecule is CCCN1CCN(Cc2ccc(-c3cccc(Oc4ncc(F)cc4C(=O)CCCC4CCC(NC(=O)c5cc(C)n(C)n5)CC4)c3)c(CN3CCOCC3)c2)CC1. The van der Waals surface area contributed by atoms with E-state index in [4.69, 9.17) is 9.47 Å². The van der Waals surface area contributed by atoms with E-state index in [-0.39, 0.29) is 35.6 Å². The molecule has 12 heteroatoms. The van der Waals surface area contributed by atoms with Gasteiger partial charge >= 0.3 is 0 Å². The van der Waals surface area contributed by atoms with E-state index in [1.807, 2.05) is 32.2 Å². The van der Waals surface area contributed by atoms with E-state index in [0.717, 1.165) is 121 Å². The highest BCUT2D eigenvalue weighted by Gasteiger charge is 2.25. The summed E-state index contributed by atoms with van der Waals surface area (Å²) in [6, 6.07) is 17.9. The second kappa shape index (κ2) is 20.0. The van der Waals surface area contributed by atoms with Crippen molar-refractivity contribution >= 4 is 11.7 Å². The number of amides is 1. The summed E-state index contributed by atoms with van der Waals surface area (Å²) in [7, 11) is 1.83. The highest BCUT2D eigenvalue weighted by Crippen LogP contribution is 2.33. The summed E-state index contributed by atoms with van der Waals surface area (Å²) >= 11 is 0. The van der Waals surface area contributed by atoms with Crippen LogP contribution in [0.2, 0.25) is 0 Å². The number of carbonyl (C=O) groups excluding carboxylic acids is 2. The lowest BCUT2D eigenvalue weighted by molar-refractivity contribution is 0.0342. The molecule has 3 aliphatic rings. The smallest absolute Gasteiger partial charge is 0.272 e. The van der Waals surface area contributed by atoms with Crippen LogP contribution in [-0.2, 0) is 24.9 Å². The van der Waals surface area contributed by atoms with Crippen LogP contribution in [0.1, 0.15) is 96.0 Å². The molecule has 0 atom stereocenters. The molecule has 0 bridgehead atoms. The minimum atomic E-state index is -0.568. The van der Waals surface area contributed by atoms with Gasteiger partial charge in [0.2, 0.25) is 5.88 Å². The zero-order valence-corrected chi connectivity index (χ0v) is 34.6. The first-order valence-electron chi connectivity index (χ1n) is 21.4. The average Bonchev–Trinajstić information content (AvgIpc) is 3.58. The summed E-state index contributed by atoms with van der Waals surface area (Å²) in [5, 5.41) is 7.44. The van der Waals surface area contributed by atoms with Crippen LogP contribution < -0.4 is 10.1 Å². The van der Waals surface area contributed by atoms with E-state index in [2.05, 4.69) is 61.3 Å². The van der Waals surface area contributed by atoms with Crippen LogP contribution in [-0.4, -0.2) is 106 Å². The Balaban J connectivity index is 0.969. The molecule has 4 heterocycles. The summed E-state index contributed by atoms with van der Waals surface area (Å²) < 4.78 is 28.2. The number of Topliss-reactive ketones (excluding diaryl/α,β-unsaturated/α-hetero) is 1. The number of carbonyl (C=O) groups is 2. The Morgan fingerprint density at radius 3 is 2.41 bits per heavy atom. The molecular formula is C46H60FN7O4. The zero-order chi connectivity index (χ0) is 40.4. The number of rotatable bonds is 16. The van der Waals surface area contributed by atoms with Gasteiger partial charge in [-0.2, -0.15) is 5.10 Å². The molecule has 0 unspecified atom stereocenters. The van der Waals surface area contributed by atoms with Crippen LogP contribution in [0, 0.1) is 18.7 Å². The Labute approximate surface area is 342 Å². The fourth-order valence-corrected chi connectivity index (χ4v) is 8.66. The van der Waals surface area contributed by atoms with E-state index in [1.54, 1.807) is 10.7 Å². The summed E-state index contributed by atoms with van der Waals surface area (Å²) in [4.78, 5) is 38.1. The van der Waals surface area contributed by atoms with Crippen molar-refractivity contribution in [3.8, 4) is 22.8 Å². The third kappa shape index (κ3) is 11.2. The Morgan fingerprint density at radius 1 is 0.914 bits per heavy atom. The first-order valence-corrected chi connectivity index (χ1v) is 21.4. The number of ketones is 1. The highest BCUT2D eigenvalue weighted by molar-refractivity contribution is 5.98. The van der Waals surface area contributed by atoms with Gasteiger partial charge in [0.25, 0.3) is 5.91 Å². The number of morpholine rings is 1. The average molecular weight is 794 g/mol. The quantitative estimate of drug-likeness (QED) is 0.116.